The van der Waals surface area contributed by atoms with Gasteiger partial charge in [-0.1, -0.05) is 53.2 Å². The number of hydrogen-bond acceptors (Lipinski definition) is 7. The Bertz CT molecular complexity index is 1150. The number of carbonyl (C=O) groups is 1. The van der Waals surface area contributed by atoms with Crippen LogP contribution in [0.3, 0.4) is 0 Å². The van der Waals surface area contributed by atoms with Crippen LogP contribution < -0.4 is 0 Å². The molecule has 5 fully saturated rings. The predicted octanol–water partition coefficient (Wildman–Crippen LogP) is 4.67. The van der Waals surface area contributed by atoms with Gasteiger partial charge in [0, 0.05) is 6.61 Å². The number of aliphatic carboxylic acids is 1. The molecular weight excluding hydrogens is 548 g/mol. The van der Waals surface area contributed by atoms with Crippen LogP contribution in [0.1, 0.15) is 106 Å². The summed E-state index contributed by atoms with van der Waals surface area (Å²) in [6.07, 6.45) is 6.28. The van der Waals surface area contributed by atoms with Gasteiger partial charge in [0.2, 0.25) is 0 Å². The Hall–Kier alpha value is -1.03. The lowest BCUT2D eigenvalue weighted by molar-refractivity contribution is -0.308. The first kappa shape index (κ1) is 31.9. The molecule has 0 spiro atoms. The minimum absolute atomic E-state index is 0.0330. The smallest absolute Gasteiger partial charge is 0.310 e. The Morgan fingerprint density at radius 2 is 1.63 bits per heavy atom. The van der Waals surface area contributed by atoms with Crippen molar-refractivity contribution in [1.29, 1.82) is 0 Å². The Labute approximate surface area is 257 Å². The molecule has 0 amide bonds. The fourth-order valence-corrected chi connectivity index (χ4v) is 12.0. The maximum absolute atomic E-state index is 12.9. The molecule has 0 bridgehead atoms. The molecule has 13 atom stereocenters. The van der Waals surface area contributed by atoms with Crippen molar-refractivity contribution < 1.29 is 39.8 Å². The molecule has 8 heteroatoms. The van der Waals surface area contributed by atoms with Gasteiger partial charge < -0.3 is 35.0 Å². The van der Waals surface area contributed by atoms with E-state index in [4.69, 9.17) is 9.47 Å². The SMILES string of the molecule is CC1(C)C2CC[C@]3(C)C(CC=C4[C@@H]5C[C@](C)(CO)CC[C@]5(C(=O)O)CC[C@]43C)[C@@]2(C)CC[C@@H]1O[C@@H]1OC[C@H](O)[C@H](O)[C@H]1O. The average Bonchev–Trinajstić information content (AvgIpc) is 2.94. The van der Waals surface area contributed by atoms with Crippen LogP contribution >= 0.6 is 0 Å². The van der Waals surface area contributed by atoms with E-state index in [0.717, 1.165) is 51.4 Å². The van der Waals surface area contributed by atoms with Gasteiger partial charge in [-0.25, -0.2) is 0 Å². The van der Waals surface area contributed by atoms with Crippen molar-refractivity contribution in [2.45, 2.75) is 136 Å². The molecule has 2 unspecified atom stereocenters. The summed E-state index contributed by atoms with van der Waals surface area (Å²) < 4.78 is 12.1. The molecule has 6 aliphatic rings. The van der Waals surface area contributed by atoms with Gasteiger partial charge in [0.25, 0.3) is 0 Å². The maximum Gasteiger partial charge on any atom is 0.310 e. The first-order valence-corrected chi connectivity index (χ1v) is 16.9. The summed E-state index contributed by atoms with van der Waals surface area (Å²) in [7, 11) is 0. The second kappa shape index (κ2) is 10.2. The van der Waals surface area contributed by atoms with Crippen molar-refractivity contribution in [3.63, 3.8) is 0 Å². The van der Waals surface area contributed by atoms with E-state index in [1.807, 2.05) is 0 Å². The molecule has 244 valence electrons. The van der Waals surface area contributed by atoms with Crippen molar-refractivity contribution in [1.82, 2.24) is 0 Å². The summed E-state index contributed by atoms with van der Waals surface area (Å²) in [5.41, 5.74) is 0.217. The van der Waals surface area contributed by atoms with Gasteiger partial charge in [0.15, 0.2) is 6.29 Å². The van der Waals surface area contributed by atoms with E-state index in [-0.39, 0.29) is 52.3 Å². The molecule has 0 aromatic heterocycles. The van der Waals surface area contributed by atoms with Crippen molar-refractivity contribution in [3.05, 3.63) is 11.6 Å². The number of ether oxygens (including phenoxy) is 2. The normalized spacial score (nSPS) is 54.3. The molecule has 1 saturated heterocycles. The van der Waals surface area contributed by atoms with E-state index in [1.54, 1.807) is 0 Å². The topological polar surface area (TPSA) is 137 Å². The highest BCUT2D eigenvalue weighted by atomic mass is 16.7. The van der Waals surface area contributed by atoms with E-state index >= 15 is 0 Å². The first-order valence-electron chi connectivity index (χ1n) is 16.9. The zero-order chi connectivity index (χ0) is 31.4. The lowest BCUT2D eigenvalue weighted by Gasteiger charge is -2.71. The van der Waals surface area contributed by atoms with Crippen molar-refractivity contribution in [2.75, 3.05) is 13.2 Å². The minimum atomic E-state index is -1.29. The predicted molar refractivity (Wildman–Crippen MR) is 161 cm³/mol. The average molecular weight is 605 g/mol. The highest BCUT2D eigenvalue weighted by molar-refractivity contribution is 5.76. The Morgan fingerprint density at radius 3 is 2.30 bits per heavy atom. The third-order valence-electron chi connectivity index (χ3n) is 15.0. The fraction of sp³-hybridized carbons (Fsp3) is 0.914. The van der Waals surface area contributed by atoms with E-state index in [1.165, 1.54) is 5.57 Å². The van der Waals surface area contributed by atoms with Crippen LogP contribution in [0.15, 0.2) is 11.6 Å². The number of hydrogen-bond donors (Lipinski definition) is 5. The second-order valence-corrected chi connectivity index (χ2v) is 17.2. The quantitative estimate of drug-likeness (QED) is 0.231. The van der Waals surface area contributed by atoms with Gasteiger partial charge in [0.1, 0.15) is 18.3 Å². The van der Waals surface area contributed by atoms with Crippen molar-refractivity contribution >= 4 is 5.97 Å². The van der Waals surface area contributed by atoms with Crippen LogP contribution in [0, 0.1) is 50.2 Å². The molecule has 1 heterocycles. The second-order valence-electron chi connectivity index (χ2n) is 17.2. The highest BCUT2D eigenvalue weighted by Crippen LogP contribution is 2.76. The highest BCUT2D eigenvalue weighted by Gasteiger charge is 2.69. The van der Waals surface area contributed by atoms with E-state index < -0.39 is 36.0 Å². The molecule has 43 heavy (non-hydrogen) atoms. The number of rotatable bonds is 4. The lowest BCUT2D eigenvalue weighted by atomic mass is 9.33. The number of carboxylic acids is 1. The Balaban J connectivity index is 1.30. The molecule has 1 aliphatic heterocycles. The monoisotopic (exact) mass is 604 g/mol. The molecule has 4 saturated carbocycles. The molecule has 6 rings (SSSR count). The third kappa shape index (κ3) is 4.32. The summed E-state index contributed by atoms with van der Waals surface area (Å²) in [6, 6.07) is 0. The molecule has 0 radical (unpaired) electrons. The first-order chi connectivity index (χ1) is 20.0. The zero-order valence-corrected chi connectivity index (χ0v) is 27.1. The fourth-order valence-electron chi connectivity index (χ4n) is 12.0. The van der Waals surface area contributed by atoms with Gasteiger partial charge in [-0.3, -0.25) is 4.79 Å². The lowest BCUT2D eigenvalue weighted by Crippen LogP contribution is -2.65. The van der Waals surface area contributed by atoms with Crippen molar-refractivity contribution in [2.24, 2.45) is 50.2 Å². The van der Waals surface area contributed by atoms with Crippen molar-refractivity contribution in [3.8, 4) is 0 Å². The maximum atomic E-state index is 12.9. The van der Waals surface area contributed by atoms with Crippen LogP contribution in [0.5, 0.6) is 0 Å². The van der Waals surface area contributed by atoms with Crippen LogP contribution in [0.2, 0.25) is 0 Å². The number of allylic oxidation sites excluding steroid dienone is 2. The van der Waals surface area contributed by atoms with Crippen LogP contribution in [-0.2, 0) is 14.3 Å². The molecule has 0 aromatic rings. The number of aliphatic hydroxyl groups excluding tert-OH is 4. The van der Waals surface area contributed by atoms with Gasteiger partial charge in [-0.05, 0) is 109 Å². The van der Waals surface area contributed by atoms with E-state index in [0.29, 0.717) is 24.7 Å². The molecule has 0 aromatic carbocycles. The summed E-state index contributed by atoms with van der Waals surface area (Å²) in [4.78, 5) is 12.9. The molecule has 5 aliphatic carbocycles. The van der Waals surface area contributed by atoms with Gasteiger partial charge in [-0.15, -0.1) is 0 Å². The number of fused-ring (bicyclic) bond motifs is 7. The number of carboxylic acid groups (broad SMARTS) is 1. The van der Waals surface area contributed by atoms with Gasteiger partial charge in [-0.2, -0.15) is 0 Å². The summed E-state index contributed by atoms with van der Waals surface area (Å²) in [5, 5.41) is 51.7. The molecule has 8 nitrogen and oxygen atoms in total. The standard InChI is InChI=1S/C35H56O8/c1-30(2)23-9-12-34(6)24(32(23,4)11-10-25(30)43-28-27(39)26(38)22(37)18-42-28)8-7-20-21-17-31(3,19-36)13-15-35(21,29(40)41)16-14-33(20,34)5/h7,21-28,36-39H,8-19H2,1-6H3,(H,40,41)/t21-,22-,23?,24?,25-,26-,27+,28-,31+,32-,33+,34+,35-/m0/s1. The Kier molecular flexibility index (Phi) is 7.60. The van der Waals surface area contributed by atoms with Gasteiger partial charge in [0.05, 0.1) is 18.1 Å². The van der Waals surface area contributed by atoms with Crippen LogP contribution in [0.4, 0.5) is 0 Å². The number of aliphatic hydroxyl groups is 4. The molecular formula is C35H56O8. The minimum Gasteiger partial charge on any atom is -0.481 e. The summed E-state index contributed by atoms with van der Waals surface area (Å²) in [5.74, 6) is 0.152. The Morgan fingerprint density at radius 1 is 0.930 bits per heavy atom. The van der Waals surface area contributed by atoms with E-state index in [9.17, 15) is 30.3 Å². The summed E-state index contributed by atoms with van der Waals surface area (Å²) >= 11 is 0. The van der Waals surface area contributed by atoms with Crippen LogP contribution in [0.25, 0.3) is 0 Å². The molecule has 5 N–H and O–H groups in total. The van der Waals surface area contributed by atoms with Gasteiger partial charge >= 0.3 is 5.97 Å². The van der Waals surface area contributed by atoms with Crippen LogP contribution in [-0.4, -0.2) is 75.4 Å². The summed E-state index contributed by atoms with van der Waals surface area (Å²) in [6.45, 7) is 14.2. The zero-order valence-electron chi connectivity index (χ0n) is 27.1. The van der Waals surface area contributed by atoms with E-state index in [2.05, 4.69) is 47.6 Å². The third-order valence-corrected chi connectivity index (χ3v) is 15.0. The largest absolute Gasteiger partial charge is 0.481 e.